The normalized spacial score (nSPS) is 10.2. The van der Waals surface area contributed by atoms with Gasteiger partial charge in [-0.05, 0) is 49.7 Å². The number of ether oxygens (including phenoxy) is 1. The molecule has 3 rings (SSSR count). The fraction of sp³-hybridized carbons (Fsp3) is 0.0952. The molecular weight excluding hydrogens is 298 g/mol. The van der Waals surface area contributed by atoms with Gasteiger partial charge < -0.3 is 10.1 Å². The van der Waals surface area contributed by atoms with E-state index in [2.05, 4.69) is 5.32 Å². The SMILES string of the molecule is Cc1ccc(C(=O)Nc2ccccc2Oc2ccccc2)c(C)c1. The van der Waals surface area contributed by atoms with Gasteiger partial charge in [0.15, 0.2) is 5.75 Å². The van der Waals surface area contributed by atoms with Gasteiger partial charge in [-0.1, -0.05) is 48.0 Å². The summed E-state index contributed by atoms with van der Waals surface area (Å²) in [5.41, 5.74) is 3.40. The lowest BCUT2D eigenvalue weighted by Gasteiger charge is -2.13. The summed E-state index contributed by atoms with van der Waals surface area (Å²) < 4.78 is 5.88. The zero-order chi connectivity index (χ0) is 16.9. The highest BCUT2D eigenvalue weighted by atomic mass is 16.5. The molecule has 1 amide bonds. The number of carbonyl (C=O) groups is 1. The highest BCUT2D eigenvalue weighted by Crippen LogP contribution is 2.29. The first kappa shape index (κ1) is 15.8. The van der Waals surface area contributed by atoms with E-state index in [9.17, 15) is 4.79 Å². The van der Waals surface area contributed by atoms with Crippen LogP contribution in [0.4, 0.5) is 5.69 Å². The first-order chi connectivity index (χ1) is 11.6. The molecule has 3 aromatic rings. The van der Waals surface area contributed by atoms with E-state index in [1.807, 2.05) is 86.6 Å². The average Bonchev–Trinajstić information content (AvgIpc) is 2.57. The predicted octanol–water partition coefficient (Wildman–Crippen LogP) is 5.35. The molecule has 24 heavy (non-hydrogen) atoms. The summed E-state index contributed by atoms with van der Waals surface area (Å²) in [6, 6.07) is 22.7. The van der Waals surface area contributed by atoms with Gasteiger partial charge in [-0.2, -0.15) is 0 Å². The van der Waals surface area contributed by atoms with Gasteiger partial charge in [-0.3, -0.25) is 4.79 Å². The summed E-state index contributed by atoms with van der Waals surface area (Å²) in [5, 5.41) is 2.94. The van der Waals surface area contributed by atoms with Gasteiger partial charge >= 0.3 is 0 Å². The van der Waals surface area contributed by atoms with E-state index in [0.717, 1.165) is 16.9 Å². The maximum Gasteiger partial charge on any atom is 0.256 e. The van der Waals surface area contributed by atoms with Crippen LogP contribution in [-0.2, 0) is 0 Å². The van der Waals surface area contributed by atoms with Crippen LogP contribution in [0.2, 0.25) is 0 Å². The number of carbonyl (C=O) groups excluding carboxylic acids is 1. The topological polar surface area (TPSA) is 38.3 Å². The second-order valence-corrected chi connectivity index (χ2v) is 5.68. The summed E-state index contributed by atoms with van der Waals surface area (Å²) in [6.45, 7) is 3.95. The first-order valence-electron chi connectivity index (χ1n) is 7.84. The quantitative estimate of drug-likeness (QED) is 0.704. The zero-order valence-electron chi connectivity index (χ0n) is 13.7. The number of para-hydroxylation sites is 3. The third-order valence-corrected chi connectivity index (χ3v) is 3.73. The largest absolute Gasteiger partial charge is 0.455 e. The molecule has 0 atom stereocenters. The minimum atomic E-state index is -0.142. The zero-order valence-corrected chi connectivity index (χ0v) is 13.7. The molecule has 0 unspecified atom stereocenters. The Morgan fingerprint density at radius 3 is 2.33 bits per heavy atom. The summed E-state index contributed by atoms with van der Waals surface area (Å²) in [5.74, 6) is 1.20. The molecule has 0 spiro atoms. The van der Waals surface area contributed by atoms with Crippen molar-refractivity contribution in [2.75, 3.05) is 5.32 Å². The van der Waals surface area contributed by atoms with E-state index in [1.165, 1.54) is 0 Å². The fourth-order valence-electron chi connectivity index (χ4n) is 2.53. The Morgan fingerprint density at radius 1 is 0.875 bits per heavy atom. The van der Waals surface area contributed by atoms with Crippen molar-refractivity contribution in [3.05, 3.63) is 89.5 Å². The summed E-state index contributed by atoms with van der Waals surface area (Å²) in [7, 11) is 0. The van der Waals surface area contributed by atoms with Gasteiger partial charge in [-0.25, -0.2) is 0 Å². The van der Waals surface area contributed by atoms with Crippen LogP contribution in [0.1, 0.15) is 21.5 Å². The van der Waals surface area contributed by atoms with Crippen LogP contribution in [0.3, 0.4) is 0 Å². The Hall–Kier alpha value is -3.07. The van der Waals surface area contributed by atoms with Gasteiger partial charge in [0.05, 0.1) is 5.69 Å². The minimum absolute atomic E-state index is 0.142. The predicted molar refractivity (Wildman–Crippen MR) is 96.8 cm³/mol. The molecule has 0 aliphatic rings. The molecule has 120 valence electrons. The van der Waals surface area contributed by atoms with Crippen molar-refractivity contribution in [2.24, 2.45) is 0 Å². The third kappa shape index (κ3) is 3.63. The molecule has 3 nitrogen and oxygen atoms in total. The molecule has 0 aromatic heterocycles. The van der Waals surface area contributed by atoms with Crippen LogP contribution in [0, 0.1) is 13.8 Å². The Morgan fingerprint density at radius 2 is 1.58 bits per heavy atom. The number of rotatable bonds is 4. The van der Waals surface area contributed by atoms with Crippen LogP contribution in [0.25, 0.3) is 0 Å². The number of hydrogen-bond donors (Lipinski definition) is 1. The number of aryl methyl sites for hydroxylation is 2. The van der Waals surface area contributed by atoms with E-state index >= 15 is 0 Å². The number of hydrogen-bond acceptors (Lipinski definition) is 2. The summed E-state index contributed by atoms with van der Waals surface area (Å²) in [6.07, 6.45) is 0. The summed E-state index contributed by atoms with van der Waals surface area (Å²) in [4.78, 5) is 12.6. The minimum Gasteiger partial charge on any atom is -0.455 e. The number of amides is 1. The van der Waals surface area contributed by atoms with Crippen LogP contribution < -0.4 is 10.1 Å². The van der Waals surface area contributed by atoms with Crippen LogP contribution >= 0.6 is 0 Å². The van der Waals surface area contributed by atoms with Crippen molar-refractivity contribution in [1.29, 1.82) is 0 Å². The van der Waals surface area contributed by atoms with Gasteiger partial charge in [0, 0.05) is 5.56 Å². The van der Waals surface area contributed by atoms with E-state index < -0.39 is 0 Å². The molecular formula is C21H19NO2. The molecule has 0 aliphatic heterocycles. The highest BCUT2D eigenvalue weighted by molar-refractivity contribution is 6.06. The standard InChI is InChI=1S/C21H19NO2/c1-15-12-13-18(16(2)14-15)21(23)22-19-10-6-7-11-20(19)24-17-8-4-3-5-9-17/h3-14H,1-2H3,(H,22,23). The maximum absolute atomic E-state index is 12.6. The monoisotopic (exact) mass is 317 g/mol. The van der Waals surface area contributed by atoms with Crippen LogP contribution in [0.15, 0.2) is 72.8 Å². The van der Waals surface area contributed by atoms with Gasteiger partial charge in [0.1, 0.15) is 5.75 Å². The fourth-order valence-corrected chi connectivity index (χ4v) is 2.53. The Bertz CT molecular complexity index is 857. The number of benzene rings is 3. The highest BCUT2D eigenvalue weighted by Gasteiger charge is 2.12. The second kappa shape index (κ2) is 7.01. The molecule has 1 N–H and O–H groups in total. The van der Waals surface area contributed by atoms with Crippen molar-refractivity contribution in [3.8, 4) is 11.5 Å². The van der Waals surface area contributed by atoms with Crippen molar-refractivity contribution < 1.29 is 9.53 Å². The lowest BCUT2D eigenvalue weighted by atomic mass is 10.1. The average molecular weight is 317 g/mol. The molecule has 0 bridgehead atoms. The smallest absolute Gasteiger partial charge is 0.256 e. The molecule has 3 heteroatoms. The van der Waals surface area contributed by atoms with Gasteiger partial charge in [-0.15, -0.1) is 0 Å². The van der Waals surface area contributed by atoms with Crippen molar-refractivity contribution in [3.63, 3.8) is 0 Å². The molecule has 0 saturated carbocycles. The van der Waals surface area contributed by atoms with Crippen molar-refractivity contribution in [1.82, 2.24) is 0 Å². The Kier molecular flexibility index (Phi) is 4.62. The molecule has 3 aromatic carbocycles. The van der Waals surface area contributed by atoms with Crippen LogP contribution in [0.5, 0.6) is 11.5 Å². The second-order valence-electron chi connectivity index (χ2n) is 5.68. The van der Waals surface area contributed by atoms with Crippen LogP contribution in [-0.4, -0.2) is 5.91 Å². The Balaban J connectivity index is 1.84. The van der Waals surface area contributed by atoms with Gasteiger partial charge in [0.25, 0.3) is 5.91 Å². The van der Waals surface area contributed by atoms with Gasteiger partial charge in [0.2, 0.25) is 0 Å². The third-order valence-electron chi connectivity index (χ3n) is 3.73. The van der Waals surface area contributed by atoms with E-state index in [4.69, 9.17) is 4.74 Å². The van der Waals surface area contributed by atoms with E-state index in [-0.39, 0.29) is 5.91 Å². The van der Waals surface area contributed by atoms with Crippen molar-refractivity contribution in [2.45, 2.75) is 13.8 Å². The lowest BCUT2D eigenvalue weighted by molar-refractivity contribution is 0.102. The molecule has 0 aliphatic carbocycles. The lowest BCUT2D eigenvalue weighted by Crippen LogP contribution is -2.14. The molecule has 0 heterocycles. The van der Waals surface area contributed by atoms with E-state index in [0.29, 0.717) is 17.0 Å². The molecule has 0 fully saturated rings. The first-order valence-corrected chi connectivity index (χ1v) is 7.84. The summed E-state index contributed by atoms with van der Waals surface area (Å²) >= 11 is 0. The maximum atomic E-state index is 12.6. The molecule has 0 saturated heterocycles. The number of nitrogens with one attached hydrogen (secondary N) is 1. The molecule has 0 radical (unpaired) electrons. The number of anilines is 1. The van der Waals surface area contributed by atoms with E-state index in [1.54, 1.807) is 0 Å². The Labute approximate surface area is 141 Å². The van der Waals surface area contributed by atoms with Crippen molar-refractivity contribution >= 4 is 11.6 Å².